The monoisotopic (exact) mass is 565 g/mol. The van der Waals surface area contributed by atoms with Crippen molar-refractivity contribution in [3.63, 3.8) is 0 Å². The van der Waals surface area contributed by atoms with Gasteiger partial charge in [0, 0.05) is 23.3 Å². The molecular formula is C28H28FN5O3S2. The number of hydrogen-bond acceptors (Lipinski definition) is 5. The lowest BCUT2D eigenvalue weighted by Crippen LogP contribution is -2.29. The number of nitrogens with one attached hydrogen (secondary N) is 2. The van der Waals surface area contributed by atoms with E-state index in [0.29, 0.717) is 22.2 Å². The van der Waals surface area contributed by atoms with Gasteiger partial charge in [0.25, 0.3) is 0 Å². The molecule has 2 aromatic heterocycles. The average molecular weight is 566 g/mol. The third-order valence-electron chi connectivity index (χ3n) is 6.74. The van der Waals surface area contributed by atoms with Crippen LogP contribution in [-0.2, 0) is 10.0 Å². The number of methoxy groups -OCH3 is 1. The highest BCUT2D eigenvalue weighted by atomic mass is 32.2. The van der Waals surface area contributed by atoms with Crippen LogP contribution in [0.1, 0.15) is 34.7 Å². The molecule has 3 heterocycles. The number of ether oxygens (including phenoxy) is 1. The molecule has 1 aliphatic rings. The molecule has 0 spiro atoms. The van der Waals surface area contributed by atoms with Crippen molar-refractivity contribution in [1.29, 1.82) is 0 Å². The van der Waals surface area contributed by atoms with Gasteiger partial charge in [0.2, 0.25) is 10.0 Å². The number of rotatable bonds is 7. The van der Waals surface area contributed by atoms with Gasteiger partial charge in [0.05, 0.1) is 42.5 Å². The van der Waals surface area contributed by atoms with Crippen molar-refractivity contribution in [3.8, 4) is 11.4 Å². The molecule has 2 aromatic carbocycles. The summed E-state index contributed by atoms with van der Waals surface area (Å²) in [7, 11) is -2.10. The van der Waals surface area contributed by atoms with Crippen LogP contribution in [0.3, 0.4) is 0 Å². The predicted molar refractivity (Wildman–Crippen MR) is 155 cm³/mol. The fourth-order valence-corrected chi connectivity index (χ4v) is 6.07. The molecule has 11 heteroatoms. The first-order valence-electron chi connectivity index (χ1n) is 12.2. The molecule has 0 unspecified atom stereocenters. The molecule has 0 bridgehead atoms. The number of para-hydroxylation sites is 1. The highest BCUT2D eigenvalue weighted by Gasteiger charge is 2.42. The van der Waals surface area contributed by atoms with E-state index in [1.165, 1.54) is 13.2 Å². The standard InChI is InChI=1S/C28H28FN5O3S2/c1-17-15-20(18(2)33(17)24-11-6-5-9-21(24)29)27-26(22-10-7-8-14-30-22)31-28(38)34(27)19-12-13-25(37-3)23(16-19)32-39(4,35)36/h5-16,26-27,32H,1-4H3,(H,31,38)/t26-,27+/m1/s1. The van der Waals surface area contributed by atoms with Crippen LogP contribution in [0.4, 0.5) is 15.8 Å². The first-order chi connectivity index (χ1) is 18.6. The fraction of sp³-hybridized carbons (Fsp3) is 0.214. The maximum atomic E-state index is 14.9. The summed E-state index contributed by atoms with van der Waals surface area (Å²) in [5.74, 6) is 0.0495. The summed E-state index contributed by atoms with van der Waals surface area (Å²) in [4.78, 5) is 6.54. The Bertz CT molecular complexity index is 1660. The Morgan fingerprint density at radius 3 is 2.49 bits per heavy atom. The number of anilines is 2. The van der Waals surface area contributed by atoms with Crippen molar-refractivity contribution < 1.29 is 17.5 Å². The molecule has 1 fully saturated rings. The maximum Gasteiger partial charge on any atom is 0.229 e. The number of halogens is 1. The highest BCUT2D eigenvalue weighted by Crippen LogP contribution is 2.45. The number of nitrogens with zero attached hydrogens (tertiary/aromatic N) is 3. The summed E-state index contributed by atoms with van der Waals surface area (Å²) in [5.41, 5.74) is 4.81. The van der Waals surface area contributed by atoms with Gasteiger partial charge in [-0.25, -0.2) is 12.8 Å². The average Bonchev–Trinajstić information content (AvgIpc) is 3.39. The van der Waals surface area contributed by atoms with E-state index >= 15 is 0 Å². The lowest BCUT2D eigenvalue weighted by atomic mass is 9.96. The Balaban J connectivity index is 1.69. The van der Waals surface area contributed by atoms with Crippen molar-refractivity contribution in [1.82, 2.24) is 14.9 Å². The Labute approximate surface area is 232 Å². The fourth-order valence-electron chi connectivity index (χ4n) is 5.17. The molecule has 2 N–H and O–H groups in total. The molecule has 4 aromatic rings. The van der Waals surface area contributed by atoms with Crippen molar-refractivity contribution in [2.45, 2.75) is 25.9 Å². The summed E-state index contributed by atoms with van der Waals surface area (Å²) < 4.78 is 48.8. The normalized spacial score (nSPS) is 17.3. The number of sulfonamides is 1. The lowest BCUT2D eigenvalue weighted by Gasteiger charge is -2.29. The van der Waals surface area contributed by atoms with Crippen LogP contribution >= 0.6 is 12.2 Å². The molecule has 0 aliphatic carbocycles. The zero-order valence-corrected chi connectivity index (χ0v) is 23.5. The quantitative estimate of drug-likeness (QED) is 0.298. The Hall–Kier alpha value is -3.96. The van der Waals surface area contributed by atoms with Gasteiger partial charge >= 0.3 is 0 Å². The Morgan fingerprint density at radius 1 is 1.08 bits per heavy atom. The van der Waals surface area contributed by atoms with Gasteiger partial charge in [-0.3, -0.25) is 9.71 Å². The second-order valence-electron chi connectivity index (χ2n) is 9.37. The van der Waals surface area contributed by atoms with Crippen molar-refractivity contribution in [2.75, 3.05) is 23.0 Å². The zero-order chi connectivity index (χ0) is 27.9. The topological polar surface area (TPSA) is 88.5 Å². The van der Waals surface area contributed by atoms with Gasteiger partial charge in [-0.2, -0.15) is 0 Å². The van der Waals surface area contributed by atoms with E-state index in [0.717, 1.165) is 28.9 Å². The predicted octanol–water partition coefficient (Wildman–Crippen LogP) is 5.19. The molecule has 202 valence electrons. The van der Waals surface area contributed by atoms with Crippen molar-refractivity contribution in [2.24, 2.45) is 0 Å². The number of benzene rings is 2. The number of aryl methyl sites for hydroxylation is 1. The van der Waals surface area contributed by atoms with Gasteiger partial charge in [-0.05, 0) is 80.2 Å². The number of thiocarbonyl (C=S) groups is 1. The number of pyridine rings is 1. The molecule has 8 nitrogen and oxygen atoms in total. The molecule has 0 amide bonds. The van der Waals surface area contributed by atoms with Crippen molar-refractivity contribution >= 4 is 38.7 Å². The van der Waals surface area contributed by atoms with E-state index in [9.17, 15) is 12.8 Å². The SMILES string of the molecule is COc1ccc(N2C(=S)N[C@H](c3ccccn3)[C@@H]2c2cc(C)n(-c3ccccc3F)c2C)cc1NS(C)(=O)=O. The van der Waals surface area contributed by atoms with E-state index in [1.807, 2.05) is 53.6 Å². The van der Waals surface area contributed by atoms with Gasteiger partial charge in [0.1, 0.15) is 11.6 Å². The van der Waals surface area contributed by atoms with Crippen LogP contribution in [0.15, 0.2) is 72.9 Å². The van der Waals surface area contributed by atoms with Crippen LogP contribution < -0.4 is 19.7 Å². The van der Waals surface area contributed by atoms with Gasteiger partial charge in [0.15, 0.2) is 5.11 Å². The third-order valence-corrected chi connectivity index (χ3v) is 7.64. The second-order valence-corrected chi connectivity index (χ2v) is 11.5. The third kappa shape index (κ3) is 5.07. The van der Waals surface area contributed by atoms with E-state index < -0.39 is 10.0 Å². The minimum absolute atomic E-state index is 0.289. The largest absolute Gasteiger partial charge is 0.495 e. The number of hydrogen-bond donors (Lipinski definition) is 2. The van der Waals surface area contributed by atoms with Crippen LogP contribution in [0.25, 0.3) is 5.69 Å². The zero-order valence-electron chi connectivity index (χ0n) is 21.8. The van der Waals surface area contributed by atoms with Crippen LogP contribution in [0, 0.1) is 19.7 Å². The molecule has 0 saturated carbocycles. The summed E-state index contributed by atoms with van der Waals surface area (Å²) in [5, 5.41) is 3.86. The molecular weight excluding hydrogens is 537 g/mol. The Kier molecular flexibility index (Phi) is 7.04. The minimum atomic E-state index is -3.57. The van der Waals surface area contributed by atoms with Gasteiger partial charge in [-0.1, -0.05) is 18.2 Å². The smallest absolute Gasteiger partial charge is 0.229 e. The van der Waals surface area contributed by atoms with Crippen LogP contribution in [0.2, 0.25) is 0 Å². The summed E-state index contributed by atoms with van der Waals surface area (Å²) in [6.07, 6.45) is 2.81. The van der Waals surface area contributed by atoms with Crippen molar-refractivity contribution in [3.05, 3.63) is 101 Å². The molecule has 2 atom stereocenters. The maximum absolute atomic E-state index is 14.9. The second kappa shape index (κ2) is 10.3. The first kappa shape index (κ1) is 26.6. The first-order valence-corrected chi connectivity index (χ1v) is 14.5. The molecule has 5 rings (SSSR count). The molecule has 39 heavy (non-hydrogen) atoms. The number of aromatic nitrogens is 2. The van der Waals surface area contributed by atoms with E-state index in [-0.39, 0.29) is 23.6 Å². The lowest BCUT2D eigenvalue weighted by molar-refractivity contribution is 0.417. The summed E-state index contributed by atoms with van der Waals surface area (Å²) in [6, 6.07) is 18.9. The highest BCUT2D eigenvalue weighted by molar-refractivity contribution is 7.92. The molecule has 1 aliphatic heterocycles. The summed E-state index contributed by atoms with van der Waals surface area (Å²) in [6.45, 7) is 3.89. The molecule has 1 saturated heterocycles. The van der Waals surface area contributed by atoms with Crippen LogP contribution in [-0.4, -0.2) is 36.4 Å². The minimum Gasteiger partial charge on any atom is -0.495 e. The summed E-state index contributed by atoms with van der Waals surface area (Å²) >= 11 is 5.84. The molecule has 0 radical (unpaired) electrons. The van der Waals surface area contributed by atoms with E-state index in [1.54, 1.807) is 36.5 Å². The van der Waals surface area contributed by atoms with E-state index in [4.69, 9.17) is 17.0 Å². The Morgan fingerprint density at radius 2 is 1.82 bits per heavy atom. The van der Waals surface area contributed by atoms with E-state index in [2.05, 4.69) is 15.0 Å². The van der Waals surface area contributed by atoms with Crippen LogP contribution in [0.5, 0.6) is 5.75 Å². The van der Waals surface area contributed by atoms with Gasteiger partial charge < -0.3 is 19.5 Å². The van der Waals surface area contributed by atoms with Gasteiger partial charge in [-0.15, -0.1) is 0 Å².